The summed E-state index contributed by atoms with van der Waals surface area (Å²) in [6, 6.07) is 3.49. The van der Waals surface area contributed by atoms with Crippen molar-refractivity contribution in [2.75, 3.05) is 0 Å². The molecule has 21 heavy (non-hydrogen) atoms. The van der Waals surface area contributed by atoms with Crippen molar-refractivity contribution in [1.29, 1.82) is 0 Å². The molecule has 1 amide bonds. The molecule has 1 N–H and O–H groups in total. The lowest BCUT2D eigenvalue weighted by Gasteiger charge is -2.23. The van der Waals surface area contributed by atoms with Crippen LogP contribution in [0.1, 0.15) is 33.3 Å². The topological polar surface area (TPSA) is 63.2 Å². The Bertz CT molecular complexity index is 638. The first-order valence-electron chi connectivity index (χ1n) is 6.40. The highest BCUT2D eigenvalue weighted by Gasteiger charge is 2.30. The smallest absolute Gasteiger partial charge is 0.238 e. The number of nitrogens with one attached hydrogen (secondary N) is 1. The molecule has 7 heteroatoms. The van der Waals surface area contributed by atoms with Gasteiger partial charge < -0.3 is 5.32 Å². The average Bonchev–Trinajstić information content (AvgIpc) is 2.29. The fourth-order valence-electron chi connectivity index (χ4n) is 1.61. The van der Waals surface area contributed by atoms with Crippen molar-refractivity contribution >= 4 is 27.3 Å². The van der Waals surface area contributed by atoms with Crippen molar-refractivity contribution in [2.24, 2.45) is 0 Å². The predicted octanol–water partition coefficient (Wildman–Crippen LogP) is 2.70. The molecule has 1 atom stereocenters. The van der Waals surface area contributed by atoms with E-state index in [-0.39, 0.29) is 10.6 Å². The Morgan fingerprint density at radius 3 is 2.43 bits per heavy atom. The predicted molar refractivity (Wildman–Crippen MR) is 81.4 cm³/mol. The second-order valence-corrected chi connectivity index (χ2v) is 8.65. The maximum atomic E-state index is 13.0. The number of rotatable bonds is 4. The lowest BCUT2D eigenvalue weighted by Crippen LogP contribution is -2.47. The van der Waals surface area contributed by atoms with E-state index in [2.05, 4.69) is 5.32 Å². The molecule has 0 spiro atoms. The summed E-state index contributed by atoms with van der Waals surface area (Å²) >= 11 is 5.82. The number of amides is 1. The highest BCUT2D eigenvalue weighted by Crippen LogP contribution is 2.21. The van der Waals surface area contributed by atoms with Crippen molar-refractivity contribution in [3.63, 3.8) is 0 Å². The molecule has 0 fully saturated rings. The van der Waals surface area contributed by atoms with E-state index in [0.717, 1.165) is 12.1 Å². The Hall–Kier alpha value is -1.14. The lowest BCUT2D eigenvalue weighted by molar-refractivity contribution is -0.121. The van der Waals surface area contributed by atoms with E-state index in [0.29, 0.717) is 0 Å². The third kappa shape index (κ3) is 5.28. The van der Waals surface area contributed by atoms with Crippen LogP contribution in [0.4, 0.5) is 4.39 Å². The lowest BCUT2D eigenvalue weighted by atomic mass is 10.1. The second kappa shape index (κ2) is 6.32. The summed E-state index contributed by atoms with van der Waals surface area (Å²) in [6.07, 6.45) is 0. The first kappa shape index (κ1) is 17.9. The van der Waals surface area contributed by atoms with Crippen LogP contribution in [0.3, 0.4) is 0 Å². The first-order valence-corrected chi connectivity index (χ1v) is 8.49. The summed E-state index contributed by atoms with van der Waals surface area (Å²) in [5.74, 6) is -1.52. The van der Waals surface area contributed by atoms with Crippen LogP contribution < -0.4 is 5.32 Å². The minimum atomic E-state index is -3.74. The van der Waals surface area contributed by atoms with Gasteiger partial charge in [-0.3, -0.25) is 4.79 Å². The SMILES string of the molecule is CC(C(=O)NC(C)(C)C)S(=O)(=O)Cc1ccc(F)cc1Cl. The van der Waals surface area contributed by atoms with Crippen LogP contribution in [-0.2, 0) is 20.4 Å². The standard InChI is InChI=1S/C14H19ClFNO3S/c1-9(13(18)17-14(2,3)4)21(19,20)8-10-5-6-11(16)7-12(10)15/h5-7,9H,8H2,1-4H3,(H,17,18). The van der Waals surface area contributed by atoms with Gasteiger partial charge in [-0.05, 0) is 45.4 Å². The maximum absolute atomic E-state index is 13.0. The number of carbonyl (C=O) groups is 1. The van der Waals surface area contributed by atoms with Crippen LogP contribution in [0.15, 0.2) is 18.2 Å². The Balaban J connectivity index is 2.93. The zero-order valence-corrected chi connectivity index (χ0v) is 14.0. The summed E-state index contributed by atoms with van der Waals surface area (Å²) in [6.45, 7) is 6.62. The zero-order chi connectivity index (χ0) is 16.4. The number of hydrogen-bond acceptors (Lipinski definition) is 3. The average molecular weight is 336 g/mol. The molecule has 0 aliphatic heterocycles. The number of halogens is 2. The minimum Gasteiger partial charge on any atom is -0.350 e. The van der Waals surface area contributed by atoms with Gasteiger partial charge in [-0.2, -0.15) is 0 Å². The van der Waals surface area contributed by atoms with Gasteiger partial charge in [-0.25, -0.2) is 12.8 Å². The van der Waals surface area contributed by atoms with Gasteiger partial charge in [0, 0.05) is 10.6 Å². The fourth-order valence-corrected chi connectivity index (χ4v) is 3.25. The molecule has 0 aromatic heterocycles. The van der Waals surface area contributed by atoms with E-state index in [1.165, 1.54) is 13.0 Å². The van der Waals surface area contributed by atoms with Gasteiger partial charge in [0.25, 0.3) is 0 Å². The molecule has 1 unspecified atom stereocenters. The van der Waals surface area contributed by atoms with E-state index < -0.39 is 38.1 Å². The summed E-state index contributed by atoms with van der Waals surface area (Å²) in [7, 11) is -3.74. The van der Waals surface area contributed by atoms with E-state index in [4.69, 9.17) is 11.6 Å². The van der Waals surface area contributed by atoms with E-state index in [9.17, 15) is 17.6 Å². The molecule has 0 aliphatic carbocycles. The summed E-state index contributed by atoms with van der Waals surface area (Å²) in [4.78, 5) is 12.0. The molecule has 118 valence electrons. The van der Waals surface area contributed by atoms with E-state index in [1.54, 1.807) is 20.8 Å². The molecule has 1 aromatic rings. The highest BCUT2D eigenvalue weighted by atomic mass is 35.5. The number of sulfone groups is 1. The van der Waals surface area contributed by atoms with Crippen molar-refractivity contribution in [2.45, 2.75) is 44.2 Å². The molecular weight excluding hydrogens is 317 g/mol. The normalized spacial score (nSPS) is 13.8. The third-order valence-corrected chi connectivity index (χ3v) is 5.13. The molecule has 0 heterocycles. The molecular formula is C14H19ClFNO3S. The van der Waals surface area contributed by atoms with Gasteiger partial charge in [0.05, 0.1) is 5.75 Å². The summed E-state index contributed by atoms with van der Waals surface area (Å²) < 4.78 is 37.5. The second-order valence-electron chi connectivity index (χ2n) is 5.92. The molecule has 0 saturated heterocycles. The zero-order valence-electron chi connectivity index (χ0n) is 12.4. The Morgan fingerprint density at radius 1 is 1.38 bits per heavy atom. The van der Waals surface area contributed by atoms with Crippen molar-refractivity contribution in [3.8, 4) is 0 Å². The van der Waals surface area contributed by atoms with Gasteiger partial charge in [0.1, 0.15) is 11.1 Å². The molecule has 0 saturated carbocycles. The van der Waals surface area contributed by atoms with Crippen LogP contribution >= 0.6 is 11.6 Å². The van der Waals surface area contributed by atoms with Crippen LogP contribution in [0.2, 0.25) is 5.02 Å². The quantitative estimate of drug-likeness (QED) is 0.920. The maximum Gasteiger partial charge on any atom is 0.238 e. The Kier molecular flexibility index (Phi) is 5.39. The van der Waals surface area contributed by atoms with Crippen LogP contribution in [0, 0.1) is 5.82 Å². The van der Waals surface area contributed by atoms with Gasteiger partial charge >= 0.3 is 0 Å². The Morgan fingerprint density at radius 2 is 1.95 bits per heavy atom. The highest BCUT2D eigenvalue weighted by molar-refractivity contribution is 7.92. The largest absolute Gasteiger partial charge is 0.350 e. The Labute approximate surface area is 129 Å². The van der Waals surface area contributed by atoms with Crippen molar-refractivity contribution in [1.82, 2.24) is 5.32 Å². The van der Waals surface area contributed by atoms with Gasteiger partial charge in [0.2, 0.25) is 5.91 Å². The monoisotopic (exact) mass is 335 g/mol. The first-order chi connectivity index (χ1) is 9.42. The van der Waals surface area contributed by atoms with E-state index in [1.807, 2.05) is 0 Å². The minimum absolute atomic E-state index is 0.0296. The molecule has 0 radical (unpaired) electrons. The van der Waals surface area contributed by atoms with Gasteiger partial charge in [0.15, 0.2) is 9.84 Å². The number of carbonyl (C=O) groups excluding carboxylic acids is 1. The van der Waals surface area contributed by atoms with E-state index >= 15 is 0 Å². The van der Waals surface area contributed by atoms with Crippen LogP contribution in [0.5, 0.6) is 0 Å². The molecule has 0 bridgehead atoms. The molecule has 4 nitrogen and oxygen atoms in total. The van der Waals surface area contributed by atoms with Crippen LogP contribution in [0.25, 0.3) is 0 Å². The van der Waals surface area contributed by atoms with Crippen molar-refractivity contribution < 1.29 is 17.6 Å². The van der Waals surface area contributed by atoms with Gasteiger partial charge in [-0.1, -0.05) is 17.7 Å². The summed E-state index contributed by atoms with van der Waals surface area (Å²) in [5.41, 5.74) is -0.248. The van der Waals surface area contributed by atoms with Gasteiger partial charge in [-0.15, -0.1) is 0 Å². The number of hydrogen-bond donors (Lipinski definition) is 1. The molecule has 1 aromatic carbocycles. The fraction of sp³-hybridized carbons (Fsp3) is 0.500. The molecule has 0 aliphatic rings. The third-order valence-electron chi connectivity index (χ3n) is 2.78. The van der Waals surface area contributed by atoms with Crippen molar-refractivity contribution in [3.05, 3.63) is 34.6 Å². The molecule has 1 rings (SSSR count). The number of benzene rings is 1. The summed E-state index contributed by atoms with van der Waals surface area (Å²) in [5, 5.41) is 1.44. The van der Waals surface area contributed by atoms with Crippen LogP contribution in [-0.4, -0.2) is 25.1 Å².